The van der Waals surface area contributed by atoms with Gasteiger partial charge in [-0.2, -0.15) is 0 Å². The molecule has 0 aliphatic carbocycles. The lowest BCUT2D eigenvalue weighted by molar-refractivity contribution is -0.290. The van der Waals surface area contributed by atoms with Crippen molar-refractivity contribution < 1.29 is 38.0 Å². The number of carbonyl (C=O) groups excluding carboxylic acids is 1. The van der Waals surface area contributed by atoms with Crippen molar-refractivity contribution >= 4 is 21.7 Å². The SMILES string of the molecule is C[C@@H]1O[C@@H](OCC(=O)/C=C/c2cccc(S(=O)(=O)Cc3ccccc3)c2)[C@@H](O)[C@H](O)[C@@H]1O. The van der Waals surface area contributed by atoms with E-state index in [1.165, 1.54) is 31.2 Å². The molecule has 1 aliphatic rings. The molecule has 0 radical (unpaired) electrons. The lowest BCUT2D eigenvalue weighted by Crippen LogP contribution is -2.57. The maximum atomic E-state index is 12.7. The van der Waals surface area contributed by atoms with E-state index in [2.05, 4.69) is 0 Å². The minimum atomic E-state index is -3.55. The van der Waals surface area contributed by atoms with Crippen molar-refractivity contribution in [3.8, 4) is 0 Å². The fraction of sp³-hybridized carbons (Fsp3) is 0.348. The monoisotopic (exact) mass is 462 g/mol. The summed E-state index contributed by atoms with van der Waals surface area (Å²) in [7, 11) is -3.55. The van der Waals surface area contributed by atoms with Gasteiger partial charge in [0.1, 0.15) is 24.9 Å². The van der Waals surface area contributed by atoms with E-state index in [-0.39, 0.29) is 10.6 Å². The number of ketones is 1. The summed E-state index contributed by atoms with van der Waals surface area (Å²) in [5, 5.41) is 29.4. The van der Waals surface area contributed by atoms with Crippen LogP contribution in [0.2, 0.25) is 0 Å². The van der Waals surface area contributed by atoms with Crippen molar-refractivity contribution in [2.45, 2.75) is 48.3 Å². The molecule has 3 rings (SSSR count). The van der Waals surface area contributed by atoms with Crippen molar-refractivity contribution in [1.82, 2.24) is 0 Å². The Balaban J connectivity index is 1.60. The number of hydrogen-bond donors (Lipinski definition) is 3. The Bertz CT molecular complexity index is 1050. The minimum Gasteiger partial charge on any atom is -0.388 e. The Hall–Kier alpha value is -2.40. The summed E-state index contributed by atoms with van der Waals surface area (Å²) in [6.45, 7) is 1.08. The average Bonchev–Trinajstić information content (AvgIpc) is 2.78. The second-order valence-corrected chi connectivity index (χ2v) is 9.60. The normalized spacial score (nSPS) is 26.3. The molecule has 1 saturated heterocycles. The molecule has 32 heavy (non-hydrogen) atoms. The fourth-order valence-electron chi connectivity index (χ4n) is 3.24. The zero-order valence-corrected chi connectivity index (χ0v) is 18.3. The summed E-state index contributed by atoms with van der Waals surface area (Å²) in [5.74, 6) is -0.581. The molecule has 5 atom stereocenters. The minimum absolute atomic E-state index is 0.129. The molecule has 1 fully saturated rings. The van der Waals surface area contributed by atoms with Gasteiger partial charge >= 0.3 is 0 Å². The summed E-state index contributed by atoms with van der Waals surface area (Å²) in [6, 6.07) is 15.1. The Morgan fingerprint density at radius 3 is 2.47 bits per heavy atom. The number of ether oxygens (including phenoxy) is 2. The largest absolute Gasteiger partial charge is 0.388 e. The number of sulfone groups is 1. The van der Waals surface area contributed by atoms with Crippen LogP contribution in [-0.2, 0) is 29.9 Å². The van der Waals surface area contributed by atoms with Crippen LogP contribution in [0.5, 0.6) is 0 Å². The maximum Gasteiger partial charge on any atom is 0.187 e. The lowest BCUT2D eigenvalue weighted by atomic mass is 10.0. The van der Waals surface area contributed by atoms with Crippen LogP contribution in [0.1, 0.15) is 18.1 Å². The van der Waals surface area contributed by atoms with Gasteiger partial charge in [0, 0.05) is 0 Å². The first-order chi connectivity index (χ1) is 15.2. The summed E-state index contributed by atoms with van der Waals surface area (Å²) in [4.78, 5) is 12.3. The van der Waals surface area contributed by atoms with Gasteiger partial charge in [-0.05, 0) is 36.3 Å². The Kier molecular flexibility index (Phi) is 7.94. The molecule has 3 N–H and O–H groups in total. The van der Waals surface area contributed by atoms with Crippen LogP contribution < -0.4 is 0 Å². The smallest absolute Gasteiger partial charge is 0.187 e. The van der Waals surface area contributed by atoms with Gasteiger partial charge in [0.25, 0.3) is 0 Å². The lowest BCUT2D eigenvalue weighted by Gasteiger charge is -2.38. The zero-order chi connectivity index (χ0) is 23.3. The van der Waals surface area contributed by atoms with Gasteiger partial charge in [0.2, 0.25) is 0 Å². The summed E-state index contributed by atoms with van der Waals surface area (Å²) >= 11 is 0. The molecular formula is C23H26O8S. The number of rotatable bonds is 8. The molecule has 1 aliphatic heterocycles. The van der Waals surface area contributed by atoms with Gasteiger partial charge < -0.3 is 24.8 Å². The zero-order valence-electron chi connectivity index (χ0n) is 17.4. The van der Waals surface area contributed by atoms with Gasteiger partial charge in [0.05, 0.1) is 16.8 Å². The second-order valence-electron chi connectivity index (χ2n) is 7.61. The van der Waals surface area contributed by atoms with E-state index in [0.717, 1.165) is 0 Å². The highest BCUT2D eigenvalue weighted by Gasteiger charge is 2.42. The topological polar surface area (TPSA) is 130 Å². The molecule has 0 aromatic heterocycles. The molecule has 172 valence electrons. The predicted octanol–water partition coefficient (Wildman–Crippen LogP) is 1.09. The van der Waals surface area contributed by atoms with Gasteiger partial charge in [0.15, 0.2) is 21.9 Å². The molecule has 2 aromatic carbocycles. The molecule has 0 unspecified atom stereocenters. The van der Waals surface area contributed by atoms with E-state index >= 15 is 0 Å². The van der Waals surface area contributed by atoms with Crippen molar-refractivity contribution in [3.63, 3.8) is 0 Å². The molecular weight excluding hydrogens is 436 g/mol. The average molecular weight is 463 g/mol. The van der Waals surface area contributed by atoms with Crippen LogP contribution in [0.3, 0.4) is 0 Å². The van der Waals surface area contributed by atoms with E-state index in [1.807, 2.05) is 6.07 Å². The molecule has 0 bridgehead atoms. The van der Waals surface area contributed by atoms with Gasteiger partial charge in [-0.3, -0.25) is 4.79 Å². The fourth-order valence-corrected chi connectivity index (χ4v) is 4.64. The molecule has 0 saturated carbocycles. The second kappa shape index (κ2) is 10.5. The van der Waals surface area contributed by atoms with Crippen LogP contribution >= 0.6 is 0 Å². The van der Waals surface area contributed by atoms with Crippen LogP contribution in [-0.4, -0.2) is 66.8 Å². The third kappa shape index (κ3) is 6.10. The molecule has 9 heteroatoms. The molecule has 8 nitrogen and oxygen atoms in total. The van der Waals surface area contributed by atoms with Gasteiger partial charge in [-0.15, -0.1) is 0 Å². The number of aliphatic hydroxyl groups is 3. The molecule has 1 heterocycles. The highest BCUT2D eigenvalue weighted by Crippen LogP contribution is 2.22. The first-order valence-corrected chi connectivity index (χ1v) is 11.7. The van der Waals surface area contributed by atoms with Crippen molar-refractivity contribution in [1.29, 1.82) is 0 Å². The third-order valence-corrected chi connectivity index (χ3v) is 6.76. The van der Waals surface area contributed by atoms with E-state index < -0.39 is 52.9 Å². The standard InChI is InChI=1S/C23H26O8S/c1-15-20(25)21(26)22(27)23(31-15)30-13-18(24)11-10-16-8-5-9-19(12-16)32(28,29)14-17-6-3-2-4-7-17/h2-12,15,20-23,25-27H,13-14H2,1H3/b11-10+/t15-,20+,21+,22-,23+/m0/s1. The summed E-state index contributed by atoms with van der Waals surface area (Å²) in [5.41, 5.74) is 1.20. The molecule has 0 amide bonds. The van der Waals surface area contributed by atoms with E-state index in [4.69, 9.17) is 9.47 Å². The predicted molar refractivity (Wildman–Crippen MR) is 116 cm³/mol. The summed E-state index contributed by atoms with van der Waals surface area (Å²) < 4.78 is 35.9. The highest BCUT2D eigenvalue weighted by atomic mass is 32.2. The first kappa shape index (κ1) is 24.2. The number of hydrogen-bond acceptors (Lipinski definition) is 8. The van der Waals surface area contributed by atoms with Gasteiger partial charge in [-0.25, -0.2) is 8.42 Å². The van der Waals surface area contributed by atoms with Crippen LogP contribution in [0.15, 0.2) is 65.6 Å². The number of carbonyl (C=O) groups is 1. The van der Waals surface area contributed by atoms with E-state index in [0.29, 0.717) is 11.1 Å². The van der Waals surface area contributed by atoms with Gasteiger partial charge in [-0.1, -0.05) is 48.5 Å². The maximum absolute atomic E-state index is 12.7. The molecule has 0 spiro atoms. The number of benzene rings is 2. The number of aliphatic hydroxyl groups excluding tert-OH is 3. The quantitative estimate of drug-likeness (QED) is 0.497. The third-order valence-electron chi connectivity index (χ3n) is 5.08. The highest BCUT2D eigenvalue weighted by molar-refractivity contribution is 7.90. The van der Waals surface area contributed by atoms with Crippen LogP contribution in [0.25, 0.3) is 6.08 Å². The molecule has 2 aromatic rings. The Labute approximate surface area is 186 Å². The van der Waals surface area contributed by atoms with Crippen molar-refractivity contribution in [3.05, 3.63) is 71.8 Å². The Morgan fingerprint density at radius 2 is 1.75 bits per heavy atom. The van der Waals surface area contributed by atoms with Crippen LogP contribution in [0, 0.1) is 0 Å². The first-order valence-electron chi connectivity index (χ1n) is 10.1. The van der Waals surface area contributed by atoms with Crippen molar-refractivity contribution in [2.75, 3.05) is 6.61 Å². The Morgan fingerprint density at radius 1 is 1.03 bits per heavy atom. The van der Waals surface area contributed by atoms with Crippen LogP contribution in [0.4, 0.5) is 0 Å². The summed E-state index contributed by atoms with van der Waals surface area (Å²) in [6.07, 6.45) is -3.54. The van der Waals surface area contributed by atoms with E-state index in [9.17, 15) is 28.5 Å². The van der Waals surface area contributed by atoms with Crippen molar-refractivity contribution in [2.24, 2.45) is 0 Å². The van der Waals surface area contributed by atoms with E-state index in [1.54, 1.807) is 36.4 Å².